The van der Waals surface area contributed by atoms with Crippen molar-refractivity contribution in [3.63, 3.8) is 0 Å². The average Bonchev–Trinajstić information content (AvgIpc) is 3.30. The standard InChI is InChI=1S/C21H24N6/c1-2-14-27-25-19(21(26-27)16-8-4-3-5-9-16)15-22-13-12-20-23-17-10-6-7-11-18(17)24-20/h3-11,22H,2,12-15H2,1H3,(H,23,24). The van der Waals surface area contributed by atoms with E-state index >= 15 is 0 Å². The highest BCUT2D eigenvalue weighted by atomic mass is 15.5. The molecule has 4 rings (SSSR count). The van der Waals surface area contributed by atoms with Crippen LogP contribution in [0.15, 0.2) is 54.6 Å². The molecule has 0 saturated carbocycles. The monoisotopic (exact) mass is 360 g/mol. The summed E-state index contributed by atoms with van der Waals surface area (Å²) in [7, 11) is 0. The van der Waals surface area contributed by atoms with Crippen molar-refractivity contribution in [2.24, 2.45) is 0 Å². The summed E-state index contributed by atoms with van der Waals surface area (Å²) in [6.45, 7) is 4.48. The number of hydrogen-bond acceptors (Lipinski definition) is 4. The van der Waals surface area contributed by atoms with Gasteiger partial charge in [-0.25, -0.2) is 4.98 Å². The number of H-pyrrole nitrogens is 1. The number of rotatable bonds is 8. The van der Waals surface area contributed by atoms with Gasteiger partial charge in [0.05, 0.1) is 17.6 Å². The van der Waals surface area contributed by atoms with Gasteiger partial charge in [0.15, 0.2) is 0 Å². The third-order valence-electron chi connectivity index (χ3n) is 4.47. The van der Waals surface area contributed by atoms with Crippen molar-refractivity contribution >= 4 is 11.0 Å². The zero-order chi connectivity index (χ0) is 18.5. The maximum atomic E-state index is 4.68. The van der Waals surface area contributed by atoms with Crippen LogP contribution >= 0.6 is 0 Å². The highest BCUT2D eigenvalue weighted by Crippen LogP contribution is 2.20. The lowest BCUT2D eigenvalue weighted by Crippen LogP contribution is -2.18. The molecule has 0 saturated heterocycles. The van der Waals surface area contributed by atoms with Crippen LogP contribution in [0, 0.1) is 0 Å². The van der Waals surface area contributed by atoms with Gasteiger partial charge in [0.25, 0.3) is 0 Å². The lowest BCUT2D eigenvalue weighted by Gasteiger charge is -2.03. The zero-order valence-corrected chi connectivity index (χ0v) is 15.5. The number of para-hydroxylation sites is 2. The van der Waals surface area contributed by atoms with Crippen LogP contribution in [0.5, 0.6) is 0 Å². The molecule has 0 amide bonds. The Kier molecular flexibility index (Phi) is 5.25. The summed E-state index contributed by atoms with van der Waals surface area (Å²) in [6, 6.07) is 18.4. The van der Waals surface area contributed by atoms with E-state index in [2.05, 4.69) is 50.6 Å². The van der Waals surface area contributed by atoms with Gasteiger partial charge in [-0.15, -0.1) is 0 Å². The predicted molar refractivity (Wildman–Crippen MR) is 107 cm³/mol. The van der Waals surface area contributed by atoms with Crippen molar-refractivity contribution < 1.29 is 0 Å². The van der Waals surface area contributed by atoms with Crippen LogP contribution in [0.4, 0.5) is 0 Å². The number of nitrogens with one attached hydrogen (secondary N) is 2. The van der Waals surface area contributed by atoms with Crippen molar-refractivity contribution in [2.75, 3.05) is 6.54 Å². The Labute approximate surface area is 158 Å². The second-order valence-corrected chi connectivity index (χ2v) is 6.58. The van der Waals surface area contributed by atoms with Crippen molar-refractivity contribution in [3.8, 4) is 11.3 Å². The Bertz CT molecular complexity index is 969. The van der Waals surface area contributed by atoms with Crippen LogP contribution in [-0.2, 0) is 19.5 Å². The van der Waals surface area contributed by atoms with Gasteiger partial charge in [0.1, 0.15) is 17.2 Å². The molecule has 27 heavy (non-hydrogen) atoms. The van der Waals surface area contributed by atoms with Crippen LogP contribution in [0.2, 0.25) is 0 Å². The molecule has 6 heteroatoms. The van der Waals surface area contributed by atoms with Crippen LogP contribution < -0.4 is 5.32 Å². The molecule has 2 aromatic carbocycles. The molecular formula is C21H24N6. The van der Waals surface area contributed by atoms with E-state index in [1.807, 2.05) is 36.4 Å². The number of benzene rings is 2. The summed E-state index contributed by atoms with van der Waals surface area (Å²) in [5.74, 6) is 1.00. The molecule has 0 bridgehead atoms. The van der Waals surface area contributed by atoms with Crippen LogP contribution in [0.25, 0.3) is 22.3 Å². The molecule has 0 atom stereocenters. The summed E-state index contributed by atoms with van der Waals surface area (Å²) in [6.07, 6.45) is 1.86. The molecule has 0 aliphatic carbocycles. The second-order valence-electron chi connectivity index (χ2n) is 6.58. The van der Waals surface area contributed by atoms with Gasteiger partial charge in [-0.3, -0.25) is 0 Å². The molecule has 6 nitrogen and oxygen atoms in total. The van der Waals surface area contributed by atoms with E-state index in [-0.39, 0.29) is 0 Å². The average molecular weight is 360 g/mol. The van der Waals surface area contributed by atoms with E-state index in [1.54, 1.807) is 4.80 Å². The summed E-state index contributed by atoms with van der Waals surface area (Å²) in [5, 5.41) is 12.8. The minimum absolute atomic E-state index is 0.689. The molecule has 138 valence electrons. The first-order valence-electron chi connectivity index (χ1n) is 9.47. The van der Waals surface area contributed by atoms with Gasteiger partial charge in [-0.2, -0.15) is 15.0 Å². The Hall–Kier alpha value is -2.99. The van der Waals surface area contributed by atoms with Gasteiger partial charge in [0.2, 0.25) is 0 Å². The lowest BCUT2D eigenvalue weighted by molar-refractivity contribution is 0.521. The van der Waals surface area contributed by atoms with Gasteiger partial charge in [-0.05, 0) is 18.6 Å². The fourth-order valence-corrected chi connectivity index (χ4v) is 3.16. The number of fused-ring (bicyclic) bond motifs is 1. The highest BCUT2D eigenvalue weighted by Gasteiger charge is 2.12. The number of aromatic amines is 1. The molecule has 0 fully saturated rings. The van der Waals surface area contributed by atoms with Gasteiger partial charge in [0, 0.05) is 25.1 Å². The fraction of sp³-hybridized carbons (Fsp3) is 0.286. The highest BCUT2D eigenvalue weighted by molar-refractivity contribution is 5.74. The topological polar surface area (TPSA) is 71.4 Å². The van der Waals surface area contributed by atoms with Crippen molar-refractivity contribution in [3.05, 3.63) is 66.1 Å². The minimum atomic E-state index is 0.689. The first-order valence-corrected chi connectivity index (χ1v) is 9.47. The fourth-order valence-electron chi connectivity index (χ4n) is 3.16. The number of aromatic nitrogens is 5. The van der Waals surface area contributed by atoms with E-state index in [9.17, 15) is 0 Å². The molecule has 0 aliphatic rings. The van der Waals surface area contributed by atoms with Crippen LogP contribution in [0.1, 0.15) is 24.9 Å². The normalized spacial score (nSPS) is 11.3. The van der Waals surface area contributed by atoms with E-state index in [1.165, 1.54) is 0 Å². The summed E-state index contributed by atoms with van der Waals surface area (Å²) < 4.78 is 0. The van der Waals surface area contributed by atoms with Gasteiger partial charge in [-0.1, -0.05) is 49.4 Å². The first kappa shape index (κ1) is 17.4. The number of nitrogens with zero attached hydrogens (tertiary/aromatic N) is 4. The number of aryl methyl sites for hydroxylation is 1. The largest absolute Gasteiger partial charge is 0.342 e. The van der Waals surface area contributed by atoms with Gasteiger partial charge >= 0.3 is 0 Å². The third kappa shape index (κ3) is 4.06. The maximum Gasteiger partial charge on any atom is 0.117 e. The van der Waals surface area contributed by atoms with Gasteiger partial charge < -0.3 is 10.3 Å². The van der Waals surface area contributed by atoms with Crippen LogP contribution in [-0.4, -0.2) is 31.5 Å². The Balaban J connectivity index is 1.41. The molecule has 2 N–H and O–H groups in total. The van der Waals surface area contributed by atoms with E-state index < -0.39 is 0 Å². The number of hydrogen-bond donors (Lipinski definition) is 2. The SMILES string of the molecule is CCCn1nc(CNCCc2nc3ccccc3[nH]2)c(-c2ccccc2)n1. The van der Waals surface area contributed by atoms with E-state index in [0.717, 1.165) is 59.7 Å². The Morgan fingerprint density at radius 3 is 2.63 bits per heavy atom. The Morgan fingerprint density at radius 2 is 1.81 bits per heavy atom. The molecule has 0 aliphatic heterocycles. The van der Waals surface area contributed by atoms with Crippen LogP contribution in [0.3, 0.4) is 0 Å². The molecule has 0 unspecified atom stereocenters. The zero-order valence-electron chi connectivity index (χ0n) is 15.5. The second kappa shape index (κ2) is 8.14. The third-order valence-corrected chi connectivity index (χ3v) is 4.47. The molecule has 0 radical (unpaired) electrons. The van der Waals surface area contributed by atoms with Crippen molar-refractivity contribution in [2.45, 2.75) is 32.9 Å². The smallest absolute Gasteiger partial charge is 0.117 e. The number of imidazole rings is 1. The van der Waals surface area contributed by atoms with E-state index in [4.69, 9.17) is 0 Å². The molecule has 2 aromatic heterocycles. The predicted octanol–water partition coefficient (Wildman–Crippen LogP) is 3.56. The van der Waals surface area contributed by atoms with E-state index in [0.29, 0.717) is 6.54 Å². The van der Waals surface area contributed by atoms with Crippen molar-refractivity contribution in [1.82, 2.24) is 30.3 Å². The van der Waals surface area contributed by atoms with Crippen molar-refractivity contribution in [1.29, 1.82) is 0 Å². The summed E-state index contributed by atoms with van der Waals surface area (Å²) in [4.78, 5) is 9.80. The summed E-state index contributed by atoms with van der Waals surface area (Å²) in [5.41, 5.74) is 5.15. The molecule has 2 heterocycles. The maximum absolute atomic E-state index is 4.68. The summed E-state index contributed by atoms with van der Waals surface area (Å²) >= 11 is 0. The lowest BCUT2D eigenvalue weighted by atomic mass is 10.1. The quantitative estimate of drug-likeness (QED) is 0.471. The first-order chi connectivity index (χ1) is 13.3. The molecule has 0 spiro atoms. The Morgan fingerprint density at radius 1 is 1.00 bits per heavy atom. The minimum Gasteiger partial charge on any atom is -0.342 e. The molecular weight excluding hydrogens is 336 g/mol. The molecule has 4 aromatic rings.